The number of hydrogen-bond donors (Lipinski definition) is 2. The molecular weight excluding hydrogens is 494 g/mol. The van der Waals surface area contributed by atoms with E-state index in [0.29, 0.717) is 36.7 Å². The van der Waals surface area contributed by atoms with E-state index < -0.39 is 14.1 Å². The van der Waals surface area contributed by atoms with Gasteiger partial charge in [0.05, 0.1) is 27.9 Å². The van der Waals surface area contributed by atoms with Gasteiger partial charge in [-0.05, 0) is 41.8 Å². The highest BCUT2D eigenvalue weighted by Crippen LogP contribution is 2.22. The molecule has 0 radical (unpaired) electrons. The second kappa shape index (κ2) is 12.3. The van der Waals surface area contributed by atoms with Crippen LogP contribution in [0.3, 0.4) is 0 Å². The molecule has 0 saturated carbocycles. The highest BCUT2D eigenvalue weighted by Gasteiger charge is 2.31. The van der Waals surface area contributed by atoms with Crippen LogP contribution in [0.2, 0.25) is 19.6 Å². The number of anilines is 1. The first-order valence-corrected chi connectivity index (χ1v) is 16.5. The monoisotopic (exact) mass is 531 g/mol. The summed E-state index contributed by atoms with van der Waals surface area (Å²) < 4.78 is 11.3. The van der Waals surface area contributed by atoms with Gasteiger partial charge in [0, 0.05) is 18.8 Å². The van der Waals surface area contributed by atoms with Crippen molar-refractivity contribution >= 4 is 30.9 Å². The van der Waals surface area contributed by atoms with E-state index >= 15 is 0 Å². The van der Waals surface area contributed by atoms with E-state index in [2.05, 4.69) is 42.4 Å². The van der Waals surface area contributed by atoms with Crippen LogP contribution in [0, 0.1) is 0 Å². The van der Waals surface area contributed by atoms with Crippen molar-refractivity contribution in [1.29, 1.82) is 0 Å². The second-order valence-corrected chi connectivity index (χ2v) is 15.7. The van der Waals surface area contributed by atoms with Gasteiger partial charge in [-0.2, -0.15) is 0 Å². The molecule has 1 fully saturated rings. The summed E-state index contributed by atoms with van der Waals surface area (Å²) in [5.74, 6) is 0.375. The number of benzene rings is 3. The number of nitrogens with one attached hydrogen (secondary N) is 2. The maximum absolute atomic E-state index is 13.4. The molecule has 2 unspecified atom stereocenters. The van der Waals surface area contributed by atoms with Crippen molar-refractivity contribution in [2.75, 3.05) is 25.5 Å². The van der Waals surface area contributed by atoms with Crippen molar-refractivity contribution in [3.8, 4) is 5.75 Å². The van der Waals surface area contributed by atoms with Crippen LogP contribution in [0.1, 0.15) is 23.6 Å². The lowest BCUT2D eigenvalue weighted by Gasteiger charge is -2.24. The van der Waals surface area contributed by atoms with Crippen molar-refractivity contribution in [2.45, 2.75) is 44.8 Å². The third-order valence-electron chi connectivity index (χ3n) is 6.76. The summed E-state index contributed by atoms with van der Waals surface area (Å²) >= 11 is 0. The molecule has 3 amide bonds. The summed E-state index contributed by atoms with van der Waals surface area (Å²) in [5.41, 5.74) is 2.47. The van der Waals surface area contributed by atoms with Gasteiger partial charge >= 0.3 is 6.03 Å². The Morgan fingerprint density at radius 3 is 2.29 bits per heavy atom. The maximum Gasteiger partial charge on any atom is 0.318 e. The summed E-state index contributed by atoms with van der Waals surface area (Å²) in [6.45, 7) is 8.41. The number of carbonyl (C=O) groups is 2. The Bertz CT molecular complexity index is 1210. The summed E-state index contributed by atoms with van der Waals surface area (Å²) in [7, 11) is 0.147. The Hall–Kier alpha value is -3.62. The van der Waals surface area contributed by atoms with Gasteiger partial charge in [-0.15, -0.1) is 0 Å². The van der Waals surface area contributed by atoms with Gasteiger partial charge in [0.2, 0.25) is 0 Å². The SMILES string of the molecule is COc1ccc(C(NC(=O)N2CCC(OCc3ccccc3)C2)C(=O)Nc2ccc([Si](C)(C)C)cc2)cc1. The molecule has 0 bridgehead atoms. The Morgan fingerprint density at radius 1 is 0.974 bits per heavy atom. The van der Waals surface area contributed by atoms with Crippen molar-refractivity contribution < 1.29 is 19.1 Å². The molecule has 200 valence electrons. The zero-order chi connectivity index (χ0) is 27.1. The van der Waals surface area contributed by atoms with Crippen LogP contribution < -0.4 is 20.6 Å². The second-order valence-electron chi connectivity index (χ2n) is 10.6. The topological polar surface area (TPSA) is 79.9 Å². The third-order valence-corrected chi connectivity index (χ3v) is 8.82. The van der Waals surface area contributed by atoms with Crippen LogP contribution in [0.15, 0.2) is 78.9 Å². The molecule has 3 aromatic carbocycles. The van der Waals surface area contributed by atoms with Crippen LogP contribution in [0.4, 0.5) is 10.5 Å². The fourth-order valence-electron chi connectivity index (χ4n) is 4.42. The van der Waals surface area contributed by atoms with E-state index in [1.165, 1.54) is 5.19 Å². The van der Waals surface area contributed by atoms with Crippen LogP contribution in [-0.2, 0) is 16.1 Å². The number of carbonyl (C=O) groups excluding carboxylic acids is 2. The molecule has 8 heteroatoms. The maximum atomic E-state index is 13.4. The van der Waals surface area contributed by atoms with Gasteiger partial charge in [0.15, 0.2) is 0 Å². The molecule has 0 aliphatic carbocycles. The zero-order valence-electron chi connectivity index (χ0n) is 22.6. The lowest BCUT2D eigenvalue weighted by atomic mass is 10.1. The summed E-state index contributed by atoms with van der Waals surface area (Å²) in [4.78, 5) is 28.4. The van der Waals surface area contributed by atoms with Gasteiger partial charge in [0.25, 0.3) is 5.91 Å². The minimum absolute atomic E-state index is 0.0425. The van der Waals surface area contributed by atoms with E-state index in [-0.39, 0.29) is 18.0 Å². The van der Waals surface area contributed by atoms with Gasteiger partial charge < -0.3 is 25.0 Å². The Morgan fingerprint density at radius 2 is 1.66 bits per heavy atom. The largest absolute Gasteiger partial charge is 0.497 e. The molecule has 3 aromatic rings. The highest BCUT2D eigenvalue weighted by molar-refractivity contribution is 6.88. The molecule has 4 rings (SSSR count). The van der Waals surface area contributed by atoms with E-state index in [0.717, 1.165) is 12.0 Å². The Balaban J connectivity index is 1.42. The van der Waals surface area contributed by atoms with Crippen LogP contribution in [-0.4, -0.2) is 51.2 Å². The van der Waals surface area contributed by atoms with Crippen LogP contribution in [0.25, 0.3) is 0 Å². The predicted molar refractivity (Wildman–Crippen MR) is 154 cm³/mol. The van der Waals surface area contributed by atoms with Gasteiger partial charge in [-0.25, -0.2) is 4.79 Å². The minimum Gasteiger partial charge on any atom is -0.497 e. The van der Waals surface area contributed by atoms with E-state index in [1.54, 1.807) is 36.3 Å². The smallest absolute Gasteiger partial charge is 0.318 e. The molecule has 0 aromatic heterocycles. The van der Waals surface area contributed by atoms with Crippen molar-refractivity contribution in [1.82, 2.24) is 10.2 Å². The predicted octanol–water partition coefficient (Wildman–Crippen LogP) is 4.92. The standard InChI is InChI=1S/C30H37N3O4Si/c1-36-25-14-10-23(11-15-25)28(29(34)31-24-12-16-27(17-13-24)38(2,3)4)32-30(35)33-19-18-26(20-33)37-21-22-8-6-5-7-9-22/h5-17,26,28H,18-21H2,1-4H3,(H,31,34)(H,32,35). The fraction of sp³-hybridized carbons (Fsp3) is 0.333. The molecule has 2 atom stereocenters. The zero-order valence-corrected chi connectivity index (χ0v) is 23.6. The molecule has 1 aliphatic heterocycles. The van der Waals surface area contributed by atoms with Crippen molar-refractivity contribution in [3.05, 3.63) is 90.0 Å². The average molecular weight is 532 g/mol. The normalized spacial score (nSPS) is 16.1. The highest BCUT2D eigenvalue weighted by atomic mass is 28.3. The van der Waals surface area contributed by atoms with Gasteiger partial charge in [-0.1, -0.05) is 79.4 Å². The number of urea groups is 1. The van der Waals surface area contributed by atoms with Crippen molar-refractivity contribution in [2.24, 2.45) is 0 Å². The van der Waals surface area contributed by atoms with Crippen LogP contribution in [0.5, 0.6) is 5.75 Å². The number of amides is 3. The molecule has 7 nitrogen and oxygen atoms in total. The minimum atomic E-state index is -1.45. The number of likely N-dealkylation sites (tertiary alicyclic amines) is 1. The van der Waals surface area contributed by atoms with Crippen molar-refractivity contribution in [3.63, 3.8) is 0 Å². The molecule has 38 heavy (non-hydrogen) atoms. The molecule has 2 N–H and O–H groups in total. The molecule has 1 saturated heterocycles. The van der Waals surface area contributed by atoms with E-state index in [9.17, 15) is 9.59 Å². The molecule has 0 spiro atoms. The summed E-state index contributed by atoms with van der Waals surface area (Å²) in [6.07, 6.45) is 0.711. The van der Waals surface area contributed by atoms with Gasteiger partial charge in [0.1, 0.15) is 11.8 Å². The average Bonchev–Trinajstić information content (AvgIpc) is 3.40. The quantitative estimate of drug-likeness (QED) is 0.384. The summed E-state index contributed by atoms with van der Waals surface area (Å²) in [5, 5.41) is 7.24. The summed E-state index contributed by atoms with van der Waals surface area (Å²) in [6, 6.07) is 24.0. The number of ether oxygens (including phenoxy) is 2. The van der Waals surface area contributed by atoms with E-state index in [1.807, 2.05) is 42.5 Å². The van der Waals surface area contributed by atoms with E-state index in [4.69, 9.17) is 9.47 Å². The fourth-order valence-corrected chi connectivity index (χ4v) is 5.58. The molecule has 1 heterocycles. The number of rotatable bonds is 9. The number of hydrogen-bond acceptors (Lipinski definition) is 4. The molecule has 1 aliphatic rings. The van der Waals surface area contributed by atoms with Crippen LogP contribution >= 0.6 is 0 Å². The molecular formula is C30H37N3O4Si. The number of nitrogens with zero attached hydrogens (tertiary/aromatic N) is 1. The Kier molecular flexibility index (Phi) is 8.86. The first-order valence-electron chi connectivity index (χ1n) is 13.0. The number of methoxy groups -OCH3 is 1. The first kappa shape index (κ1) is 27.4. The van der Waals surface area contributed by atoms with Gasteiger partial charge in [-0.3, -0.25) is 4.79 Å². The first-order chi connectivity index (χ1) is 18.2. The Labute approximate surface area is 226 Å². The lowest BCUT2D eigenvalue weighted by Crippen LogP contribution is -2.44. The lowest BCUT2D eigenvalue weighted by molar-refractivity contribution is -0.118. The third kappa shape index (κ3) is 7.23.